The van der Waals surface area contributed by atoms with E-state index < -0.39 is 11.3 Å². The fraction of sp³-hybridized carbons (Fsp3) is 0.571. The van der Waals surface area contributed by atoms with Crippen LogP contribution in [0.1, 0.15) is 44.8 Å². The summed E-state index contributed by atoms with van der Waals surface area (Å²) in [5.41, 5.74) is 1.62. The normalized spacial score (nSPS) is 13.9. The largest absolute Gasteiger partial charge is 0.255 e. The third kappa shape index (κ3) is 2.92. The van der Waals surface area contributed by atoms with Crippen molar-refractivity contribution in [1.82, 2.24) is 9.97 Å². The second-order valence-electron chi connectivity index (χ2n) is 5.32. The van der Waals surface area contributed by atoms with Gasteiger partial charge in [0.15, 0.2) is 0 Å². The molecule has 18 heavy (non-hydrogen) atoms. The summed E-state index contributed by atoms with van der Waals surface area (Å²) in [7, 11) is 0. The Morgan fingerprint density at radius 2 is 1.78 bits per heavy atom. The molecule has 0 atom stereocenters. The first-order valence-corrected chi connectivity index (χ1v) is 5.92. The quantitative estimate of drug-likeness (QED) is 0.808. The first-order chi connectivity index (χ1) is 8.05. The van der Waals surface area contributed by atoms with Crippen molar-refractivity contribution in [3.05, 3.63) is 28.9 Å². The van der Waals surface area contributed by atoms with Gasteiger partial charge in [-0.2, -0.15) is 0 Å². The highest BCUT2D eigenvalue weighted by atomic mass is 19.3. The summed E-state index contributed by atoms with van der Waals surface area (Å²) in [6.07, 6.45) is 3.34. The zero-order valence-electron chi connectivity index (χ0n) is 11.8. The Balaban J connectivity index is 3.17. The van der Waals surface area contributed by atoms with Crippen molar-refractivity contribution in [3.63, 3.8) is 0 Å². The molecule has 0 saturated heterocycles. The van der Waals surface area contributed by atoms with Crippen LogP contribution in [0.2, 0.25) is 0 Å². The fourth-order valence-electron chi connectivity index (χ4n) is 1.48. The number of alkyl halides is 2. The van der Waals surface area contributed by atoms with E-state index in [0.717, 1.165) is 18.3 Å². The number of hydrogen-bond donors (Lipinski definition) is 0. The molecule has 0 aromatic carbocycles. The highest BCUT2D eigenvalue weighted by molar-refractivity contribution is 5.52. The average Bonchev–Trinajstić information content (AvgIpc) is 2.20. The third-order valence-corrected chi connectivity index (χ3v) is 3.54. The SMILES string of the molecule is C/C(=C\c1ncc(C)nc1C)C(C)(C)C(C)(F)F. The summed E-state index contributed by atoms with van der Waals surface area (Å²) in [4.78, 5) is 8.51. The van der Waals surface area contributed by atoms with Gasteiger partial charge in [0.1, 0.15) is 0 Å². The molecule has 4 heteroatoms. The molecule has 2 nitrogen and oxygen atoms in total. The van der Waals surface area contributed by atoms with Crippen molar-refractivity contribution >= 4 is 6.08 Å². The van der Waals surface area contributed by atoms with Crippen LogP contribution in [-0.4, -0.2) is 15.9 Å². The molecule has 100 valence electrons. The zero-order valence-corrected chi connectivity index (χ0v) is 11.8. The van der Waals surface area contributed by atoms with Crippen LogP contribution in [0.25, 0.3) is 6.08 Å². The van der Waals surface area contributed by atoms with Crippen molar-refractivity contribution in [1.29, 1.82) is 0 Å². The maximum atomic E-state index is 13.5. The highest BCUT2D eigenvalue weighted by Gasteiger charge is 2.43. The van der Waals surface area contributed by atoms with Crippen molar-refractivity contribution in [2.45, 2.75) is 47.5 Å². The second-order valence-corrected chi connectivity index (χ2v) is 5.32. The van der Waals surface area contributed by atoms with Gasteiger partial charge >= 0.3 is 0 Å². The van der Waals surface area contributed by atoms with Crippen LogP contribution in [-0.2, 0) is 0 Å². The lowest BCUT2D eigenvalue weighted by Crippen LogP contribution is -2.34. The molecular formula is C14H20F2N2. The molecule has 0 spiro atoms. The Morgan fingerprint density at radius 1 is 1.22 bits per heavy atom. The summed E-state index contributed by atoms with van der Waals surface area (Å²) in [6.45, 7) is 9.41. The van der Waals surface area contributed by atoms with Gasteiger partial charge in [0, 0.05) is 18.5 Å². The van der Waals surface area contributed by atoms with Gasteiger partial charge in [-0.25, -0.2) is 8.78 Å². The van der Waals surface area contributed by atoms with Crippen LogP contribution in [0.15, 0.2) is 11.8 Å². The van der Waals surface area contributed by atoms with Crippen molar-refractivity contribution in [3.8, 4) is 0 Å². The fourth-order valence-corrected chi connectivity index (χ4v) is 1.48. The number of allylic oxidation sites excluding steroid dienone is 1. The second kappa shape index (κ2) is 4.75. The average molecular weight is 254 g/mol. The van der Waals surface area contributed by atoms with E-state index >= 15 is 0 Å². The zero-order chi connectivity index (χ0) is 14.1. The van der Waals surface area contributed by atoms with Gasteiger partial charge in [0.2, 0.25) is 0 Å². The van der Waals surface area contributed by atoms with Crippen molar-refractivity contribution in [2.75, 3.05) is 0 Å². The van der Waals surface area contributed by atoms with Gasteiger partial charge in [-0.05, 0) is 26.8 Å². The van der Waals surface area contributed by atoms with E-state index in [0.29, 0.717) is 11.3 Å². The molecule has 0 radical (unpaired) electrons. The monoisotopic (exact) mass is 254 g/mol. The first-order valence-electron chi connectivity index (χ1n) is 5.92. The Morgan fingerprint density at radius 3 is 2.22 bits per heavy atom. The molecule has 0 saturated carbocycles. The van der Waals surface area contributed by atoms with E-state index in [1.54, 1.807) is 19.2 Å². The molecule has 0 amide bonds. The van der Waals surface area contributed by atoms with Gasteiger partial charge in [0.05, 0.1) is 17.1 Å². The minimum Gasteiger partial charge on any atom is -0.255 e. The van der Waals surface area contributed by atoms with E-state index in [-0.39, 0.29) is 0 Å². The summed E-state index contributed by atoms with van der Waals surface area (Å²) >= 11 is 0. The van der Waals surface area contributed by atoms with E-state index in [4.69, 9.17) is 0 Å². The Hall–Kier alpha value is -1.32. The predicted molar refractivity (Wildman–Crippen MR) is 69.6 cm³/mol. The molecule has 0 aliphatic carbocycles. The molecule has 1 rings (SSSR count). The summed E-state index contributed by atoms with van der Waals surface area (Å²) < 4.78 is 27.1. The van der Waals surface area contributed by atoms with Crippen LogP contribution >= 0.6 is 0 Å². The minimum atomic E-state index is -2.78. The van der Waals surface area contributed by atoms with Gasteiger partial charge in [-0.1, -0.05) is 19.4 Å². The van der Waals surface area contributed by atoms with Crippen LogP contribution in [0.4, 0.5) is 8.78 Å². The molecule has 1 heterocycles. The molecule has 1 aromatic heterocycles. The summed E-state index contributed by atoms with van der Waals surface area (Å²) in [5, 5.41) is 0. The number of aryl methyl sites for hydroxylation is 2. The molecule has 0 unspecified atom stereocenters. The molecule has 0 aliphatic rings. The predicted octanol–water partition coefficient (Wildman–Crippen LogP) is 4.18. The van der Waals surface area contributed by atoms with Crippen LogP contribution in [0.5, 0.6) is 0 Å². The van der Waals surface area contributed by atoms with Crippen LogP contribution in [0, 0.1) is 19.3 Å². The van der Waals surface area contributed by atoms with Crippen LogP contribution in [0.3, 0.4) is 0 Å². The summed E-state index contributed by atoms with van der Waals surface area (Å²) in [5.74, 6) is -2.78. The van der Waals surface area contributed by atoms with Gasteiger partial charge < -0.3 is 0 Å². The van der Waals surface area contributed by atoms with E-state index in [2.05, 4.69) is 9.97 Å². The van der Waals surface area contributed by atoms with E-state index in [1.165, 1.54) is 13.8 Å². The number of rotatable bonds is 3. The lowest BCUT2D eigenvalue weighted by molar-refractivity contribution is -0.0685. The lowest BCUT2D eigenvalue weighted by atomic mass is 9.79. The van der Waals surface area contributed by atoms with Gasteiger partial charge in [-0.15, -0.1) is 0 Å². The molecule has 0 bridgehead atoms. The molecule has 0 aliphatic heterocycles. The maximum absolute atomic E-state index is 13.5. The van der Waals surface area contributed by atoms with Crippen molar-refractivity contribution < 1.29 is 8.78 Å². The third-order valence-electron chi connectivity index (χ3n) is 3.54. The van der Waals surface area contributed by atoms with Gasteiger partial charge in [0.25, 0.3) is 5.92 Å². The Kier molecular flexibility index (Phi) is 3.89. The maximum Gasteiger partial charge on any atom is 0.254 e. The topological polar surface area (TPSA) is 25.8 Å². The van der Waals surface area contributed by atoms with E-state index in [1.807, 2.05) is 13.8 Å². The molecule has 0 fully saturated rings. The Labute approximate surface area is 107 Å². The number of halogens is 2. The number of hydrogen-bond acceptors (Lipinski definition) is 2. The standard InChI is InChI=1S/C14H20F2N2/c1-9(13(4,5)14(6,15)16)7-12-11(3)18-10(2)8-17-12/h7-8H,1-6H3/b9-7+. The highest BCUT2D eigenvalue weighted by Crippen LogP contribution is 2.42. The van der Waals surface area contributed by atoms with E-state index in [9.17, 15) is 8.78 Å². The molecule has 1 aromatic rings. The van der Waals surface area contributed by atoms with Crippen LogP contribution < -0.4 is 0 Å². The number of aromatic nitrogens is 2. The molecule has 0 N–H and O–H groups in total. The molecular weight excluding hydrogens is 234 g/mol. The summed E-state index contributed by atoms with van der Waals surface area (Å²) in [6, 6.07) is 0. The van der Waals surface area contributed by atoms with Gasteiger partial charge in [-0.3, -0.25) is 9.97 Å². The lowest BCUT2D eigenvalue weighted by Gasteiger charge is -2.32. The van der Waals surface area contributed by atoms with Crippen molar-refractivity contribution in [2.24, 2.45) is 5.41 Å². The minimum absolute atomic E-state index is 0.594. The smallest absolute Gasteiger partial charge is 0.254 e. The first kappa shape index (κ1) is 14.7. The number of nitrogens with zero attached hydrogens (tertiary/aromatic N) is 2. The Bertz CT molecular complexity index is 471.